The zero-order valence-corrected chi connectivity index (χ0v) is 14.0. The SMILES string of the molecule is Cc1noc(C)c1CCCNC(=O)N1CCC[C@H]1C(C)(C)O. The zero-order valence-electron chi connectivity index (χ0n) is 14.0. The van der Waals surface area contributed by atoms with Crippen molar-refractivity contribution in [2.45, 2.75) is 65.0 Å². The van der Waals surface area contributed by atoms with Crippen LogP contribution in [0.4, 0.5) is 4.79 Å². The van der Waals surface area contributed by atoms with E-state index in [0.717, 1.165) is 42.7 Å². The van der Waals surface area contributed by atoms with Crippen molar-refractivity contribution in [3.63, 3.8) is 0 Å². The molecule has 0 spiro atoms. The summed E-state index contributed by atoms with van der Waals surface area (Å²) in [7, 11) is 0. The maximum absolute atomic E-state index is 12.3. The minimum absolute atomic E-state index is 0.0802. The Kier molecular flexibility index (Phi) is 5.11. The second kappa shape index (κ2) is 6.69. The van der Waals surface area contributed by atoms with E-state index in [0.29, 0.717) is 13.1 Å². The number of hydrogen-bond acceptors (Lipinski definition) is 4. The molecule has 1 aliphatic heterocycles. The fourth-order valence-corrected chi connectivity index (χ4v) is 3.17. The van der Waals surface area contributed by atoms with E-state index in [2.05, 4.69) is 10.5 Å². The van der Waals surface area contributed by atoms with E-state index in [9.17, 15) is 9.90 Å². The lowest BCUT2D eigenvalue weighted by Crippen LogP contribution is -2.51. The van der Waals surface area contributed by atoms with Gasteiger partial charge in [-0.3, -0.25) is 0 Å². The van der Waals surface area contributed by atoms with E-state index in [1.54, 1.807) is 18.7 Å². The van der Waals surface area contributed by atoms with Crippen molar-refractivity contribution in [1.82, 2.24) is 15.4 Å². The van der Waals surface area contributed by atoms with Crippen molar-refractivity contribution in [2.75, 3.05) is 13.1 Å². The third kappa shape index (κ3) is 3.80. The number of urea groups is 1. The van der Waals surface area contributed by atoms with Gasteiger partial charge in [-0.05, 0) is 53.4 Å². The summed E-state index contributed by atoms with van der Waals surface area (Å²) in [6.07, 6.45) is 3.49. The maximum atomic E-state index is 12.3. The van der Waals surface area contributed by atoms with Gasteiger partial charge in [0.05, 0.1) is 17.3 Å². The van der Waals surface area contributed by atoms with E-state index in [1.807, 2.05) is 13.8 Å². The number of aromatic nitrogens is 1. The molecule has 1 aliphatic rings. The van der Waals surface area contributed by atoms with Crippen molar-refractivity contribution in [2.24, 2.45) is 0 Å². The van der Waals surface area contributed by atoms with Crippen LogP contribution >= 0.6 is 0 Å². The summed E-state index contributed by atoms with van der Waals surface area (Å²) in [5.74, 6) is 0.852. The number of amides is 2. The Balaban J connectivity index is 1.78. The summed E-state index contributed by atoms with van der Waals surface area (Å²) in [6.45, 7) is 8.69. The lowest BCUT2D eigenvalue weighted by molar-refractivity contribution is 0.00985. The van der Waals surface area contributed by atoms with Crippen LogP contribution < -0.4 is 5.32 Å². The van der Waals surface area contributed by atoms with Gasteiger partial charge < -0.3 is 19.8 Å². The number of rotatable bonds is 5. The first-order valence-corrected chi connectivity index (χ1v) is 7.99. The quantitative estimate of drug-likeness (QED) is 0.817. The molecule has 0 aromatic carbocycles. The molecule has 1 aromatic heterocycles. The van der Waals surface area contributed by atoms with Crippen molar-refractivity contribution >= 4 is 6.03 Å². The van der Waals surface area contributed by atoms with Gasteiger partial charge in [0, 0.05) is 18.7 Å². The maximum Gasteiger partial charge on any atom is 0.317 e. The number of aliphatic hydroxyl groups is 1. The molecule has 22 heavy (non-hydrogen) atoms. The average molecular weight is 309 g/mol. The van der Waals surface area contributed by atoms with Crippen LogP contribution in [-0.2, 0) is 6.42 Å². The number of likely N-dealkylation sites (tertiary alicyclic amines) is 1. The lowest BCUT2D eigenvalue weighted by atomic mass is 9.97. The average Bonchev–Trinajstić information content (AvgIpc) is 3.03. The molecule has 1 saturated heterocycles. The van der Waals surface area contributed by atoms with E-state index in [-0.39, 0.29) is 12.1 Å². The monoisotopic (exact) mass is 309 g/mol. The van der Waals surface area contributed by atoms with E-state index >= 15 is 0 Å². The Morgan fingerprint density at radius 2 is 2.23 bits per heavy atom. The number of nitrogens with zero attached hydrogens (tertiary/aromatic N) is 2. The Labute approximate surface area is 131 Å². The Hall–Kier alpha value is -1.56. The third-order valence-corrected chi connectivity index (χ3v) is 4.39. The molecule has 1 atom stereocenters. The predicted molar refractivity (Wildman–Crippen MR) is 83.7 cm³/mol. The number of nitrogens with one attached hydrogen (secondary N) is 1. The molecule has 6 nitrogen and oxygen atoms in total. The van der Waals surface area contributed by atoms with Crippen LogP contribution in [0.3, 0.4) is 0 Å². The van der Waals surface area contributed by atoms with Crippen LogP contribution in [0.15, 0.2) is 4.52 Å². The van der Waals surface area contributed by atoms with Crippen molar-refractivity contribution in [3.05, 3.63) is 17.0 Å². The molecule has 6 heteroatoms. The molecule has 2 N–H and O–H groups in total. The summed E-state index contributed by atoms with van der Waals surface area (Å²) in [5, 5.41) is 17.0. The molecule has 0 unspecified atom stereocenters. The fraction of sp³-hybridized carbons (Fsp3) is 0.750. The molecule has 1 fully saturated rings. The third-order valence-electron chi connectivity index (χ3n) is 4.39. The van der Waals surface area contributed by atoms with Gasteiger partial charge in [-0.1, -0.05) is 5.16 Å². The minimum atomic E-state index is -0.857. The molecule has 1 aromatic rings. The Morgan fingerprint density at radius 3 is 2.82 bits per heavy atom. The fourth-order valence-electron chi connectivity index (χ4n) is 3.17. The summed E-state index contributed by atoms with van der Waals surface area (Å²) < 4.78 is 5.13. The van der Waals surface area contributed by atoms with E-state index in [1.165, 1.54) is 0 Å². The van der Waals surface area contributed by atoms with Gasteiger partial charge in [-0.2, -0.15) is 0 Å². The Bertz CT molecular complexity index is 500. The highest BCUT2D eigenvalue weighted by Crippen LogP contribution is 2.26. The Morgan fingerprint density at radius 1 is 1.50 bits per heavy atom. The van der Waals surface area contributed by atoms with Gasteiger partial charge >= 0.3 is 6.03 Å². The second-order valence-electron chi connectivity index (χ2n) is 6.64. The number of carbonyl (C=O) groups excluding carboxylic acids is 1. The summed E-state index contributed by atoms with van der Waals surface area (Å²) >= 11 is 0. The van der Waals surface area contributed by atoms with Crippen LogP contribution in [0.5, 0.6) is 0 Å². The highest BCUT2D eigenvalue weighted by Gasteiger charge is 2.38. The predicted octanol–water partition coefficient (Wildman–Crippen LogP) is 2.17. The summed E-state index contributed by atoms with van der Waals surface area (Å²) in [4.78, 5) is 14.0. The van der Waals surface area contributed by atoms with Gasteiger partial charge in [0.15, 0.2) is 0 Å². The number of carbonyl (C=O) groups is 1. The van der Waals surface area contributed by atoms with E-state index < -0.39 is 5.60 Å². The molecule has 0 bridgehead atoms. The van der Waals surface area contributed by atoms with Crippen molar-refractivity contribution in [3.8, 4) is 0 Å². The lowest BCUT2D eigenvalue weighted by Gasteiger charge is -2.33. The molecular formula is C16H27N3O3. The van der Waals surface area contributed by atoms with Crippen LogP contribution in [-0.4, -0.2) is 45.9 Å². The van der Waals surface area contributed by atoms with Gasteiger partial charge in [0.1, 0.15) is 5.76 Å². The molecular weight excluding hydrogens is 282 g/mol. The highest BCUT2D eigenvalue weighted by molar-refractivity contribution is 5.75. The first kappa shape index (κ1) is 16.8. The molecule has 2 rings (SSSR count). The largest absolute Gasteiger partial charge is 0.388 e. The first-order chi connectivity index (χ1) is 10.3. The standard InChI is InChI=1S/C16H27N3O3/c1-11-13(12(2)22-18-11)7-5-9-17-15(20)19-10-6-8-14(19)16(3,4)21/h14,21H,5-10H2,1-4H3,(H,17,20)/t14-/m0/s1. The normalized spacial score (nSPS) is 18.8. The zero-order chi connectivity index (χ0) is 16.3. The molecule has 2 amide bonds. The van der Waals surface area contributed by atoms with Crippen LogP contribution in [0.2, 0.25) is 0 Å². The highest BCUT2D eigenvalue weighted by atomic mass is 16.5. The van der Waals surface area contributed by atoms with Crippen LogP contribution in [0.1, 0.15) is 50.1 Å². The van der Waals surface area contributed by atoms with Gasteiger partial charge in [0.25, 0.3) is 0 Å². The molecule has 2 heterocycles. The second-order valence-corrected chi connectivity index (χ2v) is 6.64. The van der Waals surface area contributed by atoms with Crippen LogP contribution in [0.25, 0.3) is 0 Å². The van der Waals surface area contributed by atoms with Gasteiger partial charge in [-0.15, -0.1) is 0 Å². The number of aryl methyl sites for hydroxylation is 2. The number of hydrogen-bond donors (Lipinski definition) is 2. The van der Waals surface area contributed by atoms with Crippen molar-refractivity contribution in [1.29, 1.82) is 0 Å². The topological polar surface area (TPSA) is 78.6 Å². The van der Waals surface area contributed by atoms with Gasteiger partial charge in [0.2, 0.25) is 0 Å². The smallest absolute Gasteiger partial charge is 0.317 e. The van der Waals surface area contributed by atoms with Gasteiger partial charge in [-0.25, -0.2) is 4.79 Å². The van der Waals surface area contributed by atoms with Crippen LogP contribution in [0, 0.1) is 13.8 Å². The van der Waals surface area contributed by atoms with Crippen molar-refractivity contribution < 1.29 is 14.4 Å². The summed E-state index contributed by atoms with van der Waals surface area (Å²) in [5.41, 5.74) is 1.19. The molecule has 0 radical (unpaired) electrons. The molecule has 124 valence electrons. The molecule has 0 aliphatic carbocycles. The molecule has 0 saturated carbocycles. The van der Waals surface area contributed by atoms with E-state index in [4.69, 9.17) is 4.52 Å². The minimum Gasteiger partial charge on any atom is -0.388 e. The summed E-state index contributed by atoms with van der Waals surface area (Å²) in [6, 6.07) is -0.182. The first-order valence-electron chi connectivity index (χ1n) is 7.99.